The van der Waals surface area contributed by atoms with Gasteiger partial charge in [-0.05, 0) is 23.3 Å². The molecule has 2 heterocycles. The number of nitrogens with one attached hydrogen (secondary N) is 1. The molecule has 0 aliphatic heterocycles. The number of aromatic nitrogens is 4. The van der Waals surface area contributed by atoms with E-state index in [0.717, 1.165) is 11.0 Å². The van der Waals surface area contributed by atoms with Crippen molar-refractivity contribution in [2.75, 3.05) is 11.1 Å². The fourth-order valence-electron chi connectivity index (χ4n) is 3.01. The number of aryl methyl sites for hydroxylation is 1. The van der Waals surface area contributed by atoms with Crippen LogP contribution in [0.5, 0.6) is 0 Å². The lowest BCUT2D eigenvalue weighted by Gasteiger charge is -2.17. The first-order valence-electron chi connectivity index (χ1n) is 7.83. The number of hydrogen-bond acceptors (Lipinski definition) is 5. The van der Waals surface area contributed by atoms with Crippen LogP contribution >= 0.6 is 0 Å². The minimum Gasteiger partial charge on any atom is -0.383 e. The molecule has 0 radical (unpaired) electrons. The van der Waals surface area contributed by atoms with Gasteiger partial charge < -0.3 is 11.1 Å². The number of rotatable bonds is 3. The van der Waals surface area contributed by atoms with Gasteiger partial charge in [-0.1, -0.05) is 42.5 Å². The van der Waals surface area contributed by atoms with E-state index < -0.39 is 0 Å². The van der Waals surface area contributed by atoms with Crippen molar-refractivity contribution in [1.29, 1.82) is 0 Å². The molecule has 4 rings (SSSR count). The Morgan fingerprint density at radius 1 is 1.04 bits per heavy atom. The summed E-state index contributed by atoms with van der Waals surface area (Å²) in [6.07, 6.45) is 1.68. The lowest BCUT2D eigenvalue weighted by molar-refractivity contribution is 0.783. The third kappa shape index (κ3) is 2.32. The normalized spacial score (nSPS) is 12.6. The van der Waals surface area contributed by atoms with Gasteiger partial charge in [-0.15, -0.1) is 0 Å². The van der Waals surface area contributed by atoms with Crippen LogP contribution in [0.1, 0.15) is 18.5 Å². The number of nitrogens with two attached hydrogens (primary N) is 1. The predicted octanol–water partition coefficient (Wildman–Crippen LogP) is 3.27. The van der Waals surface area contributed by atoms with E-state index in [9.17, 15) is 0 Å². The standard InChI is InChI=1S/C18H18N6/c1-11(13-9-5-7-12-6-3-4-8-14(12)13)21-18-22-16(19)15-10-20-24(2)17(15)23-18/h3-11H,1-2H3,(H3,19,21,22,23). The van der Waals surface area contributed by atoms with Gasteiger partial charge in [0.1, 0.15) is 5.82 Å². The van der Waals surface area contributed by atoms with Crippen LogP contribution in [0.15, 0.2) is 48.7 Å². The highest BCUT2D eigenvalue weighted by Gasteiger charge is 2.13. The summed E-state index contributed by atoms with van der Waals surface area (Å²) in [4.78, 5) is 8.90. The van der Waals surface area contributed by atoms with Gasteiger partial charge in [0, 0.05) is 7.05 Å². The van der Waals surface area contributed by atoms with Crippen molar-refractivity contribution >= 4 is 33.6 Å². The topological polar surface area (TPSA) is 81.6 Å². The number of nitrogen functional groups attached to an aromatic ring is 1. The number of anilines is 2. The van der Waals surface area contributed by atoms with Gasteiger partial charge in [-0.25, -0.2) is 0 Å². The maximum absolute atomic E-state index is 6.03. The van der Waals surface area contributed by atoms with E-state index in [4.69, 9.17) is 5.73 Å². The number of nitrogens with zero attached hydrogens (tertiary/aromatic N) is 4. The van der Waals surface area contributed by atoms with Crippen molar-refractivity contribution in [2.24, 2.45) is 7.05 Å². The molecule has 0 fully saturated rings. The van der Waals surface area contributed by atoms with Crippen molar-refractivity contribution < 1.29 is 0 Å². The van der Waals surface area contributed by atoms with Crippen LogP contribution in [-0.2, 0) is 7.05 Å². The molecule has 2 aromatic carbocycles. The second-order valence-electron chi connectivity index (χ2n) is 5.87. The van der Waals surface area contributed by atoms with E-state index in [1.165, 1.54) is 16.3 Å². The SMILES string of the molecule is CC(Nc1nc(N)c2cnn(C)c2n1)c1cccc2ccccc12. The van der Waals surface area contributed by atoms with Crippen LogP contribution in [0, 0.1) is 0 Å². The average molecular weight is 318 g/mol. The number of benzene rings is 2. The van der Waals surface area contributed by atoms with Crippen molar-refractivity contribution in [3.63, 3.8) is 0 Å². The molecule has 4 aromatic rings. The number of fused-ring (bicyclic) bond motifs is 2. The van der Waals surface area contributed by atoms with Crippen LogP contribution in [0.25, 0.3) is 21.8 Å². The molecule has 1 atom stereocenters. The molecule has 0 bridgehead atoms. The predicted molar refractivity (Wildman–Crippen MR) is 96.7 cm³/mol. The summed E-state index contributed by atoms with van der Waals surface area (Å²) in [5.74, 6) is 0.935. The second-order valence-corrected chi connectivity index (χ2v) is 5.87. The van der Waals surface area contributed by atoms with E-state index in [1.54, 1.807) is 10.9 Å². The molecule has 0 aliphatic carbocycles. The van der Waals surface area contributed by atoms with Crippen molar-refractivity contribution in [3.8, 4) is 0 Å². The molecule has 1 unspecified atom stereocenters. The highest BCUT2D eigenvalue weighted by atomic mass is 15.3. The van der Waals surface area contributed by atoms with Crippen LogP contribution in [0.4, 0.5) is 11.8 Å². The van der Waals surface area contributed by atoms with Crippen LogP contribution in [0.2, 0.25) is 0 Å². The Bertz CT molecular complexity index is 1030. The number of hydrogen-bond donors (Lipinski definition) is 2. The fraction of sp³-hybridized carbons (Fsp3) is 0.167. The summed E-state index contributed by atoms with van der Waals surface area (Å²) in [6.45, 7) is 2.09. The smallest absolute Gasteiger partial charge is 0.227 e. The molecule has 120 valence electrons. The molecule has 3 N–H and O–H groups in total. The van der Waals surface area contributed by atoms with Crippen LogP contribution in [-0.4, -0.2) is 19.7 Å². The molecular formula is C18H18N6. The molecule has 24 heavy (non-hydrogen) atoms. The molecule has 0 spiro atoms. The van der Waals surface area contributed by atoms with E-state index in [1.807, 2.05) is 13.1 Å². The highest BCUT2D eigenvalue weighted by Crippen LogP contribution is 2.27. The Hall–Kier alpha value is -3.15. The van der Waals surface area contributed by atoms with Crippen LogP contribution in [0.3, 0.4) is 0 Å². The highest BCUT2D eigenvalue weighted by molar-refractivity contribution is 5.87. The Balaban J connectivity index is 1.73. The molecule has 0 amide bonds. The maximum atomic E-state index is 6.03. The third-order valence-corrected chi connectivity index (χ3v) is 4.26. The zero-order valence-corrected chi connectivity index (χ0v) is 13.6. The van der Waals surface area contributed by atoms with Crippen LogP contribution < -0.4 is 11.1 Å². The molecular weight excluding hydrogens is 300 g/mol. The molecule has 0 saturated carbocycles. The molecule has 0 aliphatic rings. The summed E-state index contributed by atoms with van der Waals surface area (Å²) in [7, 11) is 1.84. The first kappa shape index (κ1) is 14.4. The third-order valence-electron chi connectivity index (χ3n) is 4.26. The average Bonchev–Trinajstić information content (AvgIpc) is 2.96. The zero-order chi connectivity index (χ0) is 16.7. The Morgan fingerprint density at radius 2 is 1.83 bits per heavy atom. The van der Waals surface area contributed by atoms with E-state index in [-0.39, 0.29) is 6.04 Å². The van der Waals surface area contributed by atoms with Gasteiger partial charge in [0.2, 0.25) is 5.95 Å². The molecule has 2 aromatic heterocycles. The van der Waals surface area contributed by atoms with Crippen molar-refractivity contribution in [3.05, 3.63) is 54.2 Å². The molecule has 6 nitrogen and oxygen atoms in total. The lowest BCUT2D eigenvalue weighted by Crippen LogP contribution is -2.11. The minimum absolute atomic E-state index is 0.0428. The van der Waals surface area contributed by atoms with Gasteiger partial charge in [-0.2, -0.15) is 15.1 Å². The summed E-state index contributed by atoms with van der Waals surface area (Å²) < 4.78 is 1.70. The second kappa shape index (κ2) is 5.49. The van der Waals surface area contributed by atoms with Crippen molar-refractivity contribution in [1.82, 2.24) is 19.7 Å². The molecule has 0 saturated heterocycles. The largest absolute Gasteiger partial charge is 0.383 e. The first-order chi connectivity index (χ1) is 11.6. The molecule has 6 heteroatoms. The van der Waals surface area contributed by atoms with Gasteiger partial charge in [0.15, 0.2) is 5.65 Å². The maximum Gasteiger partial charge on any atom is 0.227 e. The minimum atomic E-state index is 0.0428. The van der Waals surface area contributed by atoms with Gasteiger partial charge in [0.25, 0.3) is 0 Å². The fourth-order valence-corrected chi connectivity index (χ4v) is 3.01. The van der Waals surface area contributed by atoms with E-state index in [0.29, 0.717) is 11.8 Å². The summed E-state index contributed by atoms with van der Waals surface area (Å²) in [5.41, 5.74) is 7.94. The lowest BCUT2D eigenvalue weighted by atomic mass is 10.00. The van der Waals surface area contributed by atoms with E-state index in [2.05, 4.69) is 63.7 Å². The Labute approximate surface area is 139 Å². The van der Waals surface area contributed by atoms with Crippen molar-refractivity contribution in [2.45, 2.75) is 13.0 Å². The summed E-state index contributed by atoms with van der Waals surface area (Å²) >= 11 is 0. The first-order valence-corrected chi connectivity index (χ1v) is 7.83. The zero-order valence-electron chi connectivity index (χ0n) is 13.6. The van der Waals surface area contributed by atoms with Gasteiger partial charge in [0.05, 0.1) is 17.6 Å². The quantitative estimate of drug-likeness (QED) is 0.606. The van der Waals surface area contributed by atoms with Gasteiger partial charge in [-0.3, -0.25) is 4.68 Å². The summed E-state index contributed by atoms with van der Waals surface area (Å²) in [6, 6.07) is 14.7. The Kier molecular flexibility index (Phi) is 3.30. The van der Waals surface area contributed by atoms with Gasteiger partial charge >= 0.3 is 0 Å². The Morgan fingerprint density at radius 3 is 2.71 bits per heavy atom. The van der Waals surface area contributed by atoms with E-state index >= 15 is 0 Å². The summed E-state index contributed by atoms with van der Waals surface area (Å²) in [5, 5.41) is 10.7. The monoisotopic (exact) mass is 318 g/mol.